The summed E-state index contributed by atoms with van der Waals surface area (Å²) in [6.07, 6.45) is -0.257. The number of rotatable bonds is 5. The second kappa shape index (κ2) is 7.61. The topological polar surface area (TPSA) is 67.4 Å². The fourth-order valence-electron chi connectivity index (χ4n) is 1.78. The number of halogens is 1. The first-order chi connectivity index (χ1) is 10.6. The van der Waals surface area contributed by atoms with Gasteiger partial charge >= 0.3 is 0 Å². The number of hydrogen-bond donors (Lipinski definition) is 2. The van der Waals surface area contributed by atoms with Crippen molar-refractivity contribution in [1.29, 1.82) is 0 Å². The van der Waals surface area contributed by atoms with Gasteiger partial charge in [-0.1, -0.05) is 12.1 Å². The van der Waals surface area contributed by atoms with E-state index in [1.807, 2.05) is 12.1 Å². The number of nitrogens with one attached hydrogen (secondary N) is 2. The summed E-state index contributed by atoms with van der Waals surface area (Å²) >= 11 is 3.33. The Morgan fingerprint density at radius 3 is 2.27 bits per heavy atom. The molecular formula is C16H15BrN2O3. The van der Waals surface area contributed by atoms with Crippen molar-refractivity contribution < 1.29 is 14.3 Å². The van der Waals surface area contributed by atoms with Gasteiger partial charge in [0.1, 0.15) is 12.2 Å². The summed E-state index contributed by atoms with van der Waals surface area (Å²) in [5.74, 6) is -0.0581. The third-order valence-electron chi connectivity index (χ3n) is 2.84. The molecule has 0 heterocycles. The van der Waals surface area contributed by atoms with Crippen LogP contribution in [0, 0.1) is 0 Å². The third kappa shape index (κ3) is 4.60. The van der Waals surface area contributed by atoms with Crippen LogP contribution in [0.4, 0.5) is 11.4 Å². The van der Waals surface area contributed by atoms with Crippen molar-refractivity contribution in [3.63, 3.8) is 0 Å². The number of methoxy groups -OCH3 is 1. The molecule has 0 aliphatic rings. The minimum atomic E-state index is -0.380. The zero-order chi connectivity index (χ0) is 15.9. The summed E-state index contributed by atoms with van der Waals surface area (Å²) in [7, 11) is 1.57. The number of para-hydroxylation sites is 1. The molecule has 0 aliphatic carbocycles. The monoisotopic (exact) mass is 362 g/mol. The lowest BCUT2D eigenvalue weighted by atomic mass is 10.2. The number of hydrogen-bond acceptors (Lipinski definition) is 3. The molecule has 2 amide bonds. The quantitative estimate of drug-likeness (QED) is 0.800. The number of amides is 2. The lowest BCUT2D eigenvalue weighted by Gasteiger charge is -2.08. The van der Waals surface area contributed by atoms with Gasteiger partial charge in [-0.2, -0.15) is 0 Å². The fourth-order valence-corrected chi connectivity index (χ4v) is 2.17. The van der Waals surface area contributed by atoms with Crippen LogP contribution in [0.5, 0.6) is 5.75 Å². The first kappa shape index (κ1) is 16.0. The highest BCUT2D eigenvalue weighted by Crippen LogP contribution is 2.21. The predicted molar refractivity (Wildman–Crippen MR) is 89.0 cm³/mol. The van der Waals surface area contributed by atoms with Crippen LogP contribution in [0.25, 0.3) is 0 Å². The molecule has 2 aromatic carbocycles. The van der Waals surface area contributed by atoms with Gasteiger partial charge in [-0.05, 0) is 52.3 Å². The zero-order valence-electron chi connectivity index (χ0n) is 11.9. The van der Waals surface area contributed by atoms with E-state index in [4.69, 9.17) is 4.74 Å². The molecule has 2 rings (SSSR count). The number of carbonyl (C=O) groups excluding carboxylic acids is 2. The minimum absolute atomic E-state index is 0.257. The van der Waals surface area contributed by atoms with E-state index in [2.05, 4.69) is 26.6 Å². The molecule has 2 N–H and O–H groups in total. The molecule has 0 unspecified atom stereocenters. The van der Waals surface area contributed by atoms with Crippen LogP contribution in [0.15, 0.2) is 53.0 Å². The van der Waals surface area contributed by atoms with Crippen molar-refractivity contribution in [1.82, 2.24) is 0 Å². The molecule has 0 atom stereocenters. The van der Waals surface area contributed by atoms with E-state index in [0.29, 0.717) is 17.1 Å². The molecule has 22 heavy (non-hydrogen) atoms. The lowest BCUT2D eigenvalue weighted by molar-refractivity contribution is -0.123. The molecule has 5 nitrogen and oxygen atoms in total. The number of benzene rings is 2. The fraction of sp³-hybridized carbons (Fsp3) is 0.125. The number of anilines is 2. The van der Waals surface area contributed by atoms with Crippen LogP contribution >= 0.6 is 15.9 Å². The van der Waals surface area contributed by atoms with Crippen molar-refractivity contribution in [3.8, 4) is 5.75 Å². The molecule has 6 heteroatoms. The van der Waals surface area contributed by atoms with Crippen molar-refractivity contribution in [3.05, 3.63) is 53.0 Å². The maximum absolute atomic E-state index is 11.9. The first-order valence-corrected chi connectivity index (χ1v) is 7.36. The predicted octanol–water partition coefficient (Wildman–Crippen LogP) is 3.43. The van der Waals surface area contributed by atoms with Gasteiger partial charge in [0.25, 0.3) is 0 Å². The Hall–Kier alpha value is -2.34. The highest BCUT2D eigenvalue weighted by molar-refractivity contribution is 9.10. The Morgan fingerprint density at radius 2 is 1.64 bits per heavy atom. The Labute approximate surface area is 136 Å². The molecular weight excluding hydrogens is 348 g/mol. The van der Waals surface area contributed by atoms with E-state index < -0.39 is 0 Å². The number of ether oxygens (including phenoxy) is 1. The minimum Gasteiger partial charge on any atom is -0.497 e. The molecule has 0 fully saturated rings. The Morgan fingerprint density at radius 1 is 1.00 bits per heavy atom. The summed E-state index contributed by atoms with van der Waals surface area (Å²) < 4.78 is 5.80. The maximum Gasteiger partial charge on any atom is 0.233 e. The molecule has 0 radical (unpaired) electrons. The highest BCUT2D eigenvalue weighted by atomic mass is 79.9. The molecule has 0 aliphatic heterocycles. The summed E-state index contributed by atoms with van der Waals surface area (Å²) in [5.41, 5.74) is 1.24. The highest BCUT2D eigenvalue weighted by Gasteiger charge is 2.11. The second-order valence-electron chi connectivity index (χ2n) is 4.48. The van der Waals surface area contributed by atoms with E-state index in [-0.39, 0.29) is 18.2 Å². The van der Waals surface area contributed by atoms with Crippen molar-refractivity contribution >= 4 is 39.1 Å². The normalized spacial score (nSPS) is 9.91. The van der Waals surface area contributed by atoms with Gasteiger partial charge < -0.3 is 15.4 Å². The van der Waals surface area contributed by atoms with Gasteiger partial charge in [0.2, 0.25) is 11.8 Å². The summed E-state index contributed by atoms with van der Waals surface area (Å²) in [5, 5.41) is 5.34. The zero-order valence-corrected chi connectivity index (χ0v) is 13.5. The van der Waals surface area contributed by atoms with Crippen LogP contribution in [-0.2, 0) is 9.59 Å². The van der Waals surface area contributed by atoms with Crippen LogP contribution < -0.4 is 15.4 Å². The van der Waals surface area contributed by atoms with Crippen molar-refractivity contribution in [2.24, 2.45) is 0 Å². The third-order valence-corrected chi connectivity index (χ3v) is 3.53. The first-order valence-electron chi connectivity index (χ1n) is 6.57. The standard InChI is InChI=1S/C16H15BrN2O3/c1-22-12-8-6-11(7-9-12)18-15(20)10-16(21)19-14-5-3-2-4-13(14)17/h2-9H,10H2,1H3,(H,18,20)(H,19,21). The van der Waals surface area contributed by atoms with Crippen LogP contribution in [-0.4, -0.2) is 18.9 Å². The van der Waals surface area contributed by atoms with Gasteiger partial charge in [-0.3, -0.25) is 9.59 Å². The second-order valence-corrected chi connectivity index (χ2v) is 5.34. The van der Waals surface area contributed by atoms with E-state index in [0.717, 1.165) is 4.47 Å². The molecule has 0 spiro atoms. The Bertz CT molecular complexity index is 671. The molecule has 114 valence electrons. The summed E-state index contributed by atoms with van der Waals surface area (Å²) in [6, 6.07) is 14.1. The van der Waals surface area contributed by atoms with Crippen molar-refractivity contribution in [2.75, 3.05) is 17.7 Å². The Balaban J connectivity index is 1.88. The van der Waals surface area contributed by atoms with Gasteiger partial charge in [0.15, 0.2) is 0 Å². The van der Waals surface area contributed by atoms with Gasteiger partial charge in [-0.25, -0.2) is 0 Å². The molecule has 0 aromatic heterocycles. The summed E-state index contributed by atoms with van der Waals surface area (Å²) in [6.45, 7) is 0. The van der Waals surface area contributed by atoms with Crippen LogP contribution in [0.3, 0.4) is 0 Å². The SMILES string of the molecule is COc1ccc(NC(=O)CC(=O)Nc2ccccc2Br)cc1. The average molecular weight is 363 g/mol. The van der Waals surface area contributed by atoms with Crippen LogP contribution in [0.2, 0.25) is 0 Å². The largest absolute Gasteiger partial charge is 0.497 e. The molecule has 0 bridgehead atoms. The molecule has 0 saturated carbocycles. The average Bonchev–Trinajstić information content (AvgIpc) is 2.50. The van der Waals surface area contributed by atoms with E-state index in [1.165, 1.54) is 0 Å². The lowest BCUT2D eigenvalue weighted by Crippen LogP contribution is -2.21. The Kier molecular flexibility index (Phi) is 5.55. The molecule has 2 aromatic rings. The smallest absolute Gasteiger partial charge is 0.233 e. The van der Waals surface area contributed by atoms with Crippen molar-refractivity contribution in [2.45, 2.75) is 6.42 Å². The summed E-state index contributed by atoms with van der Waals surface area (Å²) in [4.78, 5) is 23.7. The van der Waals surface area contributed by atoms with Gasteiger partial charge in [0.05, 0.1) is 12.8 Å². The number of carbonyl (C=O) groups is 2. The van der Waals surface area contributed by atoms with Gasteiger partial charge in [0, 0.05) is 10.2 Å². The van der Waals surface area contributed by atoms with Gasteiger partial charge in [-0.15, -0.1) is 0 Å². The van der Waals surface area contributed by atoms with E-state index in [9.17, 15) is 9.59 Å². The van der Waals surface area contributed by atoms with E-state index in [1.54, 1.807) is 43.5 Å². The molecule has 0 saturated heterocycles. The van der Waals surface area contributed by atoms with E-state index >= 15 is 0 Å². The van der Waals surface area contributed by atoms with Crippen LogP contribution in [0.1, 0.15) is 6.42 Å². The maximum atomic E-state index is 11.9.